The van der Waals surface area contributed by atoms with E-state index in [9.17, 15) is 0 Å². The predicted molar refractivity (Wildman–Crippen MR) is 179 cm³/mol. The van der Waals surface area contributed by atoms with E-state index in [1.165, 1.54) is 33.4 Å². The summed E-state index contributed by atoms with van der Waals surface area (Å²) in [7, 11) is 0. The molecule has 0 amide bonds. The van der Waals surface area contributed by atoms with Gasteiger partial charge in [-0.2, -0.15) is 0 Å². The Kier molecular flexibility index (Phi) is 6.05. The summed E-state index contributed by atoms with van der Waals surface area (Å²) in [5.74, 6) is 1.72. The SMILES string of the molecule is C1=CC2=C(CC1)C1(C3=C(C/C=C\CCC3)c3ccc(-c4nc(-c5ccccn5)nc(-c5ccccn5)n4)cc31)c1ccccc12. The van der Waals surface area contributed by atoms with E-state index >= 15 is 0 Å². The van der Waals surface area contributed by atoms with E-state index < -0.39 is 0 Å². The van der Waals surface area contributed by atoms with Crippen molar-refractivity contribution in [3.05, 3.63) is 149 Å². The number of nitrogens with zero attached hydrogens (tertiary/aromatic N) is 5. The molecule has 3 heterocycles. The largest absolute Gasteiger partial charge is 0.253 e. The predicted octanol–water partition coefficient (Wildman–Crippen LogP) is 8.96. The summed E-state index contributed by atoms with van der Waals surface area (Å²) < 4.78 is 0. The van der Waals surface area contributed by atoms with Crippen LogP contribution in [0, 0.1) is 0 Å². The lowest BCUT2D eigenvalue weighted by Gasteiger charge is -2.36. The molecule has 5 nitrogen and oxygen atoms in total. The first-order valence-electron chi connectivity index (χ1n) is 15.9. The van der Waals surface area contributed by atoms with Gasteiger partial charge in [0.15, 0.2) is 17.5 Å². The van der Waals surface area contributed by atoms with E-state index in [0.717, 1.165) is 44.1 Å². The maximum Gasteiger partial charge on any atom is 0.182 e. The molecule has 9 rings (SSSR count). The van der Waals surface area contributed by atoms with Gasteiger partial charge in [0.2, 0.25) is 0 Å². The molecule has 1 atom stereocenters. The smallest absolute Gasteiger partial charge is 0.182 e. The molecule has 1 unspecified atom stereocenters. The van der Waals surface area contributed by atoms with Crippen LogP contribution >= 0.6 is 0 Å². The van der Waals surface area contributed by atoms with Crippen LogP contribution in [-0.2, 0) is 5.41 Å². The molecule has 4 aliphatic rings. The fourth-order valence-electron chi connectivity index (χ4n) is 7.99. The Morgan fingerprint density at radius 3 is 2.11 bits per heavy atom. The van der Waals surface area contributed by atoms with Crippen LogP contribution in [0.3, 0.4) is 0 Å². The maximum atomic E-state index is 5.03. The lowest BCUT2D eigenvalue weighted by atomic mass is 9.66. The zero-order valence-corrected chi connectivity index (χ0v) is 24.9. The highest BCUT2D eigenvalue weighted by Gasteiger charge is 2.53. The van der Waals surface area contributed by atoms with Crippen molar-refractivity contribution in [2.24, 2.45) is 0 Å². The third-order valence-electron chi connectivity index (χ3n) is 9.78. The highest BCUT2D eigenvalue weighted by molar-refractivity contribution is 5.97. The number of allylic oxidation sites excluding steroid dienone is 8. The van der Waals surface area contributed by atoms with Crippen LogP contribution in [-0.4, -0.2) is 24.9 Å². The summed E-state index contributed by atoms with van der Waals surface area (Å²) in [5.41, 5.74) is 13.7. The zero-order chi connectivity index (χ0) is 29.8. The Morgan fingerprint density at radius 1 is 0.578 bits per heavy atom. The third-order valence-corrected chi connectivity index (χ3v) is 9.78. The Balaban J connectivity index is 1.30. The molecule has 0 radical (unpaired) electrons. The molecular formula is C40H31N5. The molecule has 45 heavy (non-hydrogen) atoms. The second-order valence-electron chi connectivity index (χ2n) is 12.2. The molecule has 2 aromatic carbocycles. The number of benzene rings is 2. The van der Waals surface area contributed by atoms with Crippen molar-refractivity contribution in [1.29, 1.82) is 0 Å². The van der Waals surface area contributed by atoms with E-state index in [2.05, 4.69) is 76.7 Å². The van der Waals surface area contributed by atoms with Gasteiger partial charge in [-0.15, -0.1) is 0 Å². The number of rotatable bonds is 3. The van der Waals surface area contributed by atoms with Crippen LogP contribution in [0.5, 0.6) is 0 Å². The van der Waals surface area contributed by atoms with E-state index in [0.29, 0.717) is 28.9 Å². The zero-order valence-electron chi connectivity index (χ0n) is 24.9. The van der Waals surface area contributed by atoms with Crippen molar-refractivity contribution < 1.29 is 0 Å². The van der Waals surface area contributed by atoms with Crippen molar-refractivity contribution in [2.45, 2.75) is 43.9 Å². The first-order valence-corrected chi connectivity index (χ1v) is 15.9. The van der Waals surface area contributed by atoms with Gasteiger partial charge in [-0.25, -0.2) is 15.0 Å². The van der Waals surface area contributed by atoms with Gasteiger partial charge in [0.05, 0.1) is 5.41 Å². The van der Waals surface area contributed by atoms with Crippen LogP contribution in [0.4, 0.5) is 0 Å². The molecule has 0 aliphatic heterocycles. The minimum absolute atomic E-state index is 0.261. The van der Waals surface area contributed by atoms with Gasteiger partial charge in [0.25, 0.3) is 0 Å². The van der Waals surface area contributed by atoms with Crippen molar-refractivity contribution >= 4 is 11.1 Å². The Hall–Kier alpha value is -5.29. The van der Waals surface area contributed by atoms with Crippen LogP contribution < -0.4 is 0 Å². The molecule has 0 saturated heterocycles. The number of hydrogen-bond acceptors (Lipinski definition) is 5. The molecule has 3 aromatic heterocycles. The van der Waals surface area contributed by atoms with Crippen LogP contribution in [0.15, 0.2) is 127 Å². The second kappa shape index (κ2) is 10.4. The molecule has 0 bridgehead atoms. The van der Waals surface area contributed by atoms with Crippen LogP contribution in [0.25, 0.3) is 45.6 Å². The molecule has 0 saturated carbocycles. The fraction of sp³-hybridized carbons (Fsp3) is 0.175. The van der Waals surface area contributed by atoms with Crippen molar-refractivity contribution in [3.63, 3.8) is 0 Å². The van der Waals surface area contributed by atoms with Crippen molar-refractivity contribution in [2.75, 3.05) is 0 Å². The minimum atomic E-state index is -0.261. The van der Waals surface area contributed by atoms with Gasteiger partial charge in [0, 0.05) is 18.0 Å². The molecule has 216 valence electrons. The van der Waals surface area contributed by atoms with Gasteiger partial charge in [-0.3, -0.25) is 9.97 Å². The van der Waals surface area contributed by atoms with Gasteiger partial charge < -0.3 is 0 Å². The average Bonchev–Trinajstić information content (AvgIpc) is 3.54. The minimum Gasteiger partial charge on any atom is -0.253 e. The summed E-state index contributed by atoms with van der Waals surface area (Å²) in [5, 5.41) is 0. The van der Waals surface area contributed by atoms with E-state index in [4.69, 9.17) is 15.0 Å². The third kappa shape index (κ3) is 3.96. The van der Waals surface area contributed by atoms with E-state index in [1.807, 2.05) is 36.4 Å². The first kappa shape index (κ1) is 26.1. The van der Waals surface area contributed by atoms with Crippen LogP contribution in [0.1, 0.15) is 60.8 Å². The quantitative estimate of drug-likeness (QED) is 0.199. The molecule has 5 aromatic rings. The Morgan fingerprint density at radius 2 is 1.33 bits per heavy atom. The van der Waals surface area contributed by atoms with Crippen molar-refractivity contribution in [3.8, 4) is 34.4 Å². The van der Waals surface area contributed by atoms with Crippen molar-refractivity contribution in [1.82, 2.24) is 24.9 Å². The molecular weight excluding hydrogens is 550 g/mol. The Bertz CT molecular complexity index is 2050. The maximum absolute atomic E-state index is 5.03. The van der Waals surface area contributed by atoms with E-state index in [-0.39, 0.29) is 5.41 Å². The summed E-state index contributed by atoms with van der Waals surface area (Å²) in [6, 6.07) is 27.6. The molecule has 1 spiro atoms. The summed E-state index contributed by atoms with van der Waals surface area (Å²) in [6.45, 7) is 0. The summed E-state index contributed by atoms with van der Waals surface area (Å²) >= 11 is 0. The Labute approximate surface area is 262 Å². The lowest BCUT2D eigenvalue weighted by Crippen LogP contribution is -2.29. The summed E-state index contributed by atoms with van der Waals surface area (Å²) in [4.78, 5) is 24.0. The summed E-state index contributed by atoms with van der Waals surface area (Å²) in [6.07, 6.45) is 19.5. The average molecular weight is 582 g/mol. The van der Waals surface area contributed by atoms with E-state index in [1.54, 1.807) is 23.5 Å². The number of fused-ring (bicyclic) bond motifs is 8. The van der Waals surface area contributed by atoms with Gasteiger partial charge >= 0.3 is 0 Å². The highest BCUT2D eigenvalue weighted by Crippen LogP contribution is 2.64. The number of pyridine rings is 2. The molecule has 0 N–H and O–H groups in total. The van der Waals surface area contributed by atoms with Gasteiger partial charge in [-0.1, -0.05) is 72.8 Å². The molecule has 4 aliphatic carbocycles. The first-order chi connectivity index (χ1) is 22.3. The van der Waals surface area contributed by atoms with Crippen LogP contribution in [0.2, 0.25) is 0 Å². The normalized spacial score (nSPS) is 20.4. The number of aromatic nitrogens is 5. The number of hydrogen-bond donors (Lipinski definition) is 0. The second-order valence-corrected chi connectivity index (χ2v) is 12.2. The highest BCUT2D eigenvalue weighted by atomic mass is 15.1. The van der Waals surface area contributed by atoms with Gasteiger partial charge in [0.1, 0.15) is 11.4 Å². The molecule has 5 heteroatoms. The standard InChI is InChI=1S/C40H31N5/c1-2-4-16-31-29(13-3-1)30-22-21-26(25-34(30)40(31)32-17-7-5-14-27(32)28-15-6-8-18-33(28)40)37-43-38(35-19-9-11-23-41-35)45-39(44-37)36-20-10-12-24-42-36/h1,3,5-7,9-12,14-15,17,19-25H,2,4,8,13,16,18H2/b3-1-. The monoisotopic (exact) mass is 581 g/mol. The van der Waals surface area contributed by atoms with Gasteiger partial charge in [-0.05, 0) is 113 Å². The fourth-order valence-corrected chi connectivity index (χ4v) is 7.99. The topological polar surface area (TPSA) is 64.5 Å². The lowest BCUT2D eigenvalue weighted by molar-refractivity contribution is 0.644. The molecule has 0 fully saturated rings.